The number of carbonyl (C=O) groups excluding carboxylic acids is 2. The summed E-state index contributed by atoms with van der Waals surface area (Å²) in [5.74, 6) is -0.718. The van der Waals surface area contributed by atoms with E-state index in [-0.39, 0.29) is 11.3 Å². The smallest absolute Gasteiger partial charge is 0.343 e. The van der Waals surface area contributed by atoms with Crippen molar-refractivity contribution in [3.8, 4) is 0 Å². The summed E-state index contributed by atoms with van der Waals surface area (Å²) < 4.78 is 5.05. The second kappa shape index (κ2) is 4.86. The molecule has 3 rings (SSSR count). The Morgan fingerprint density at radius 1 is 1.33 bits per heavy atom. The van der Waals surface area contributed by atoms with Gasteiger partial charge in [-0.2, -0.15) is 0 Å². The number of nitro benzene ring substituents is 1. The lowest BCUT2D eigenvalue weighted by molar-refractivity contribution is -0.384. The van der Waals surface area contributed by atoms with Crippen LogP contribution in [-0.4, -0.2) is 34.2 Å². The van der Waals surface area contributed by atoms with E-state index in [4.69, 9.17) is 4.74 Å². The molecule has 2 heterocycles. The monoisotopic (exact) mass is 286 g/mol. The van der Waals surface area contributed by atoms with Crippen molar-refractivity contribution in [2.24, 2.45) is 0 Å². The number of nitro groups is 1. The van der Waals surface area contributed by atoms with E-state index in [1.807, 2.05) is 6.08 Å². The average Bonchev–Trinajstić information content (AvgIpc) is 2.82. The Morgan fingerprint density at radius 2 is 2.05 bits per heavy atom. The lowest BCUT2D eigenvalue weighted by Gasteiger charge is -2.21. The van der Waals surface area contributed by atoms with E-state index in [2.05, 4.69) is 0 Å². The molecule has 2 aliphatic rings. The van der Waals surface area contributed by atoms with Gasteiger partial charge >= 0.3 is 5.97 Å². The Morgan fingerprint density at radius 3 is 2.71 bits per heavy atom. The SMILES string of the molecule is O=C1OC2=CC=CCN2C1C(=O)c1ccc([N+](=O)[O-])cc1. The summed E-state index contributed by atoms with van der Waals surface area (Å²) in [6.45, 7) is 0.404. The molecule has 0 bridgehead atoms. The van der Waals surface area contributed by atoms with Gasteiger partial charge in [0, 0.05) is 24.2 Å². The third kappa shape index (κ3) is 2.18. The third-order valence-corrected chi connectivity index (χ3v) is 3.31. The molecule has 1 saturated heterocycles. The van der Waals surface area contributed by atoms with Gasteiger partial charge in [0.05, 0.1) is 4.92 Å². The normalized spacial score (nSPS) is 19.8. The van der Waals surface area contributed by atoms with Gasteiger partial charge in [0.15, 0.2) is 11.8 Å². The molecule has 1 fully saturated rings. The summed E-state index contributed by atoms with van der Waals surface area (Å²) >= 11 is 0. The molecule has 1 aromatic carbocycles. The van der Waals surface area contributed by atoms with Crippen LogP contribution < -0.4 is 0 Å². The predicted octanol–water partition coefficient (Wildman–Crippen LogP) is 1.42. The number of allylic oxidation sites excluding steroid dienone is 2. The molecule has 0 spiro atoms. The summed E-state index contributed by atoms with van der Waals surface area (Å²) in [7, 11) is 0. The largest absolute Gasteiger partial charge is 0.408 e. The molecule has 7 nitrogen and oxygen atoms in total. The maximum absolute atomic E-state index is 12.4. The Hall–Kier alpha value is -2.96. The molecule has 0 saturated carbocycles. The summed E-state index contributed by atoms with van der Waals surface area (Å²) in [4.78, 5) is 35.9. The first-order valence-electron chi connectivity index (χ1n) is 6.22. The fraction of sp³-hybridized carbons (Fsp3) is 0.143. The highest BCUT2D eigenvalue weighted by molar-refractivity contribution is 6.13. The second-order valence-corrected chi connectivity index (χ2v) is 4.58. The number of nitrogens with zero attached hydrogens (tertiary/aromatic N) is 2. The van der Waals surface area contributed by atoms with Crippen LogP contribution in [0.5, 0.6) is 0 Å². The molecule has 0 amide bonds. The fourth-order valence-electron chi connectivity index (χ4n) is 2.28. The van der Waals surface area contributed by atoms with Gasteiger partial charge in [0.1, 0.15) is 0 Å². The van der Waals surface area contributed by atoms with Crippen molar-refractivity contribution >= 4 is 17.4 Å². The minimum Gasteiger partial charge on any atom is -0.408 e. The maximum Gasteiger partial charge on any atom is 0.343 e. The van der Waals surface area contributed by atoms with E-state index in [1.54, 1.807) is 17.1 Å². The topological polar surface area (TPSA) is 89.8 Å². The highest BCUT2D eigenvalue weighted by Gasteiger charge is 2.43. The van der Waals surface area contributed by atoms with Gasteiger partial charge < -0.3 is 9.64 Å². The number of rotatable bonds is 3. The lowest BCUT2D eigenvalue weighted by atomic mass is 10.0. The summed E-state index contributed by atoms with van der Waals surface area (Å²) in [5, 5.41) is 10.6. The standard InChI is InChI=1S/C14H10N2O5/c17-13(9-4-6-10(7-5-9)16(19)20)12-14(18)21-11-3-1-2-8-15(11)12/h1-7,12H,8H2. The zero-order valence-corrected chi connectivity index (χ0v) is 10.8. The first kappa shape index (κ1) is 13.0. The Labute approximate surface area is 119 Å². The van der Waals surface area contributed by atoms with E-state index < -0.39 is 22.7 Å². The molecule has 0 aromatic heterocycles. The van der Waals surface area contributed by atoms with Crippen LogP contribution in [0.15, 0.2) is 48.4 Å². The van der Waals surface area contributed by atoms with Crippen molar-refractivity contribution < 1.29 is 19.2 Å². The van der Waals surface area contributed by atoms with Crippen LogP contribution in [0.4, 0.5) is 5.69 Å². The molecule has 106 valence electrons. The summed E-state index contributed by atoms with van der Waals surface area (Å²) in [6.07, 6.45) is 5.17. The number of hydrogen-bond acceptors (Lipinski definition) is 6. The van der Waals surface area contributed by atoms with Crippen molar-refractivity contribution in [1.82, 2.24) is 4.90 Å². The van der Waals surface area contributed by atoms with E-state index in [1.165, 1.54) is 24.3 Å². The highest BCUT2D eigenvalue weighted by Crippen LogP contribution is 2.27. The molecule has 7 heteroatoms. The Kier molecular flexibility index (Phi) is 3.02. The number of non-ortho nitro benzene ring substituents is 1. The van der Waals surface area contributed by atoms with E-state index >= 15 is 0 Å². The number of esters is 1. The number of fused-ring (bicyclic) bond motifs is 1. The predicted molar refractivity (Wildman–Crippen MR) is 71.2 cm³/mol. The van der Waals surface area contributed by atoms with Gasteiger partial charge in [-0.05, 0) is 18.2 Å². The third-order valence-electron chi connectivity index (χ3n) is 3.31. The number of ketones is 1. The van der Waals surface area contributed by atoms with Crippen LogP contribution in [-0.2, 0) is 9.53 Å². The van der Waals surface area contributed by atoms with E-state index in [9.17, 15) is 19.7 Å². The summed E-state index contributed by atoms with van der Waals surface area (Å²) in [6, 6.07) is 4.12. The fourth-order valence-corrected chi connectivity index (χ4v) is 2.28. The zero-order valence-electron chi connectivity index (χ0n) is 10.8. The van der Waals surface area contributed by atoms with Crippen LogP contribution in [0, 0.1) is 10.1 Å². The number of Topliss-reactive ketones (excluding diaryl/α,β-unsaturated/α-hetero) is 1. The van der Waals surface area contributed by atoms with Gasteiger partial charge in [-0.3, -0.25) is 14.9 Å². The molecular formula is C14H10N2O5. The maximum atomic E-state index is 12.4. The van der Waals surface area contributed by atoms with Gasteiger partial charge in [0.2, 0.25) is 5.88 Å². The van der Waals surface area contributed by atoms with Gasteiger partial charge in [-0.25, -0.2) is 4.79 Å². The molecule has 21 heavy (non-hydrogen) atoms. The molecule has 0 radical (unpaired) electrons. The average molecular weight is 286 g/mol. The zero-order chi connectivity index (χ0) is 15.0. The van der Waals surface area contributed by atoms with E-state index in [0.29, 0.717) is 12.4 Å². The van der Waals surface area contributed by atoms with Gasteiger partial charge in [0.25, 0.3) is 5.69 Å². The Bertz CT molecular complexity index is 690. The van der Waals surface area contributed by atoms with Crippen molar-refractivity contribution in [2.75, 3.05) is 6.54 Å². The minimum absolute atomic E-state index is 0.109. The number of ether oxygens (including phenoxy) is 1. The number of carbonyl (C=O) groups is 2. The lowest BCUT2D eigenvalue weighted by Crippen LogP contribution is -2.40. The molecule has 1 unspecified atom stereocenters. The van der Waals surface area contributed by atoms with Crippen LogP contribution in [0.3, 0.4) is 0 Å². The van der Waals surface area contributed by atoms with Crippen molar-refractivity contribution in [1.29, 1.82) is 0 Å². The van der Waals surface area contributed by atoms with Crippen LogP contribution in [0.1, 0.15) is 10.4 Å². The molecule has 0 N–H and O–H groups in total. The van der Waals surface area contributed by atoms with Gasteiger partial charge in [-0.1, -0.05) is 12.2 Å². The molecule has 2 aliphatic heterocycles. The van der Waals surface area contributed by atoms with Crippen LogP contribution in [0.25, 0.3) is 0 Å². The quantitative estimate of drug-likeness (QED) is 0.274. The van der Waals surface area contributed by atoms with Crippen molar-refractivity contribution in [3.63, 3.8) is 0 Å². The molecule has 1 aromatic rings. The van der Waals surface area contributed by atoms with E-state index in [0.717, 1.165) is 0 Å². The first-order valence-corrected chi connectivity index (χ1v) is 6.22. The van der Waals surface area contributed by atoms with Crippen LogP contribution in [0.2, 0.25) is 0 Å². The number of hydrogen-bond donors (Lipinski definition) is 0. The minimum atomic E-state index is -1.04. The van der Waals surface area contributed by atoms with Crippen molar-refractivity contribution in [2.45, 2.75) is 6.04 Å². The molecule has 0 aliphatic carbocycles. The van der Waals surface area contributed by atoms with Gasteiger partial charge in [-0.15, -0.1) is 0 Å². The highest BCUT2D eigenvalue weighted by atomic mass is 16.6. The summed E-state index contributed by atoms with van der Waals surface area (Å²) in [5.41, 5.74) is 0.125. The molecular weight excluding hydrogens is 276 g/mol. The molecule has 1 atom stereocenters. The van der Waals surface area contributed by atoms with Crippen molar-refractivity contribution in [3.05, 3.63) is 64.1 Å². The Balaban J connectivity index is 1.88. The second-order valence-electron chi connectivity index (χ2n) is 4.58. The number of benzene rings is 1. The van der Waals surface area contributed by atoms with Crippen LogP contribution >= 0.6 is 0 Å². The first-order chi connectivity index (χ1) is 10.1.